The Kier molecular flexibility index (Phi) is 5.64. The van der Waals surface area contributed by atoms with Crippen LogP contribution in [0, 0.1) is 0 Å². The molecule has 1 aromatic heterocycles. The fourth-order valence-electron chi connectivity index (χ4n) is 4.01. The van der Waals surface area contributed by atoms with Crippen LogP contribution in [0.3, 0.4) is 0 Å². The molecule has 0 bridgehead atoms. The van der Waals surface area contributed by atoms with Crippen molar-refractivity contribution in [3.63, 3.8) is 0 Å². The van der Waals surface area contributed by atoms with Crippen LogP contribution in [0.4, 0.5) is 11.4 Å². The number of amides is 1. The molecule has 1 aliphatic rings. The summed E-state index contributed by atoms with van der Waals surface area (Å²) in [7, 11) is 1.63. The fraction of sp³-hybridized carbons (Fsp3) is 0.160. The lowest BCUT2D eigenvalue weighted by Gasteiger charge is -2.24. The van der Waals surface area contributed by atoms with Crippen molar-refractivity contribution in [1.82, 2.24) is 15.2 Å². The van der Waals surface area contributed by atoms with E-state index in [1.165, 1.54) is 22.9 Å². The molecule has 4 aromatic rings. The third-order valence-corrected chi connectivity index (χ3v) is 6.36. The number of aromatic amines is 1. The van der Waals surface area contributed by atoms with Gasteiger partial charge in [-0.25, -0.2) is 4.98 Å². The monoisotopic (exact) mass is 442 g/mol. The van der Waals surface area contributed by atoms with Crippen LogP contribution in [0.25, 0.3) is 11.4 Å². The first-order chi connectivity index (χ1) is 15.7. The van der Waals surface area contributed by atoms with Crippen molar-refractivity contribution in [3.8, 4) is 17.1 Å². The van der Waals surface area contributed by atoms with Gasteiger partial charge in [0.05, 0.1) is 29.8 Å². The number of hydrogen-bond acceptors (Lipinski definition) is 5. The molecule has 0 saturated carbocycles. The molecule has 0 saturated heterocycles. The molecule has 0 unspecified atom stereocenters. The molecule has 1 amide bonds. The second kappa shape index (κ2) is 8.88. The number of nitrogens with one attached hydrogen (secondary N) is 1. The van der Waals surface area contributed by atoms with E-state index in [0.717, 1.165) is 29.8 Å². The smallest absolute Gasteiger partial charge is 0.242 e. The molecule has 0 spiro atoms. The summed E-state index contributed by atoms with van der Waals surface area (Å²) in [6.07, 6.45) is 1.82. The first kappa shape index (κ1) is 20.3. The van der Waals surface area contributed by atoms with Crippen molar-refractivity contribution in [2.45, 2.75) is 18.0 Å². The number of aryl methyl sites for hydroxylation is 2. The fourth-order valence-corrected chi connectivity index (χ4v) is 4.66. The van der Waals surface area contributed by atoms with Gasteiger partial charge >= 0.3 is 0 Å². The van der Waals surface area contributed by atoms with Gasteiger partial charge in [-0.05, 0) is 48.2 Å². The van der Waals surface area contributed by atoms with Crippen molar-refractivity contribution in [2.24, 2.45) is 0 Å². The summed E-state index contributed by atoms with van der Waals surface area (Å²) in [6.45, 7) is 0. The molecule has 2 heterocycles. The molecule has 0 aliphatic carbocycles. The molecule has 5 rings (SSSR count). The Morgan fingerprint density at radius 1 is 0.969 bits per heavy atom. The van der Waals surface area contributed by atoms with Crippen LogP contribution >= 0.6 is 11.8 Å². The summed E-state index contributed by atoms with van der Waals surface area (Å²) in [5.74, 6) is 1.56. The SMILES string of the molecule is COc1ccccc1-c1nc(SCC(=O)N2c3ccccc3CCc3ccccc32)n[nH]1. The number of benzene rings is 3. The molecular weight excluding hydrogens is 420 g/mol. The Morgan fingerprint density at radius 2 is 1.59 bits per heavy atom. The van der Waals surface area contributed by atoms with E-state index in [4.69, 9.17) is 4.74 Å². The highest BCUT2D eigenvalue weighted by molar-refractivity contribution is 7.99. The quantitative estimate of drug-likeness (QED) is 0.439. The molecular formula is C25H22N4O2S. The van der Waals surface area contributed by atoms with Gasteiger partial charge in [-0.1, -0.05) is 60.3 Å². The number of rotatable bonds is 5. The largest absolute Gasteiger partial charge is 0.496 e. The topological polar surface area (TPSA) is 71.1 Å². The summed E-state index contributed by atoms with van der Waals surface area (Å²) >= 11 is 1.32. The first-order valence-electron chi connectivity index (χ1n) is 10.4. The zero-order valence-electron chi connectivity index (χ0n) is 17.6. The Labute approximate surface area is 190 Å². The molecule has 0 atom stereocenters. The molecule has 160 valence electrons. The third-order valence-electron chi connectivity index (χ3n) is 5.53. The maximum Gasteiger partial charge on any atom is 0.242 e. The van der Waals surface area contributed by atoms with Crippen LogP contribution in [-0.4, -0.2) is 34.0 Å². The molecule has 3 aromatic carbocycles. The summed E-state index contributed by atoms with van der Waals surface area (Å²) in [6, 6.07) is 23.9. The standard InChI is InChI=1S/C25H22N4O2S/c1-31-22-13-7-4-10-19(22)24-26-25(28-27-24)32-16-23(30)29-20-11-5-2-8-17(20)14-15-18-9-3-6-12-21(18)29/h2-13H,14-16H2,1H3,(H,26,27,28). The number of carbonyl (C=O) groups is 1. The number of H-pyrrole nitrogens is 1. The van der Waals surface area contributed by atoms with Gasteiger partial charge in [0, 0.05) is 0 Å². The van der Waals surface area contributed by atoms with Gasteiger partial charge in [0.2, 0.25) is 11.1 Å². The second-order valence-corrected chi connectivity index (χ2v) is 8.38. The van der Waals surface area contributed by atoms with E-state index >= 15 is 0 Å². The highest BCUT2D eigenvalue weighted by Crippen LogP contribution is 2.36. The summed E-state index contributed by atoms with van der Waals surface area (Å²) in [4.78, 5) is 19.9. The first-order valence-corrected chi connectivity index (χ1v) is 11.4. The van der Waals surface area contributed by atoms with Crippen LogP contribution in [0.15, 0.2) is 78.0 Å². The Balaban J connectivity index is 1.39. The third kappa shape index (κ3) is 3.87. The lowest BCUT2D eigenvalue weighted by Crippen LogP contribution is -2.28. The van der Waals surface area contributed by atoms with Crippen molar-refractivity contribution in [3.05, 3.63) is 83.9 Å². The van der Waals surface area contributed by atoms with E-state index in [-0.39, 0.29) is 11.7 Å². The van der Waals surface area contributed by atoms with E-state index in [2.05, 4.69) is 27.3 Å². The Hall–Kier alpha value is -3.58. The normalized spacial score (nSPS) is 12.6. The van der Waals surface area contributed by atoms with E-state index in [1.54, 1.807) is 7.11 Å². The molecule has 6 nitrogen and oxygen atoms in total. The number of fused-ring (bicyclic) bond motifs is 2. The van der Waals surface area contributed by atoms with Crippen molar-refractivity contribution >= 4 is 29.0 Å². The van der Waals surface area contributed by atoms with E-state index in [0.29, 0.717) is 16.7 Å². The summed E-state index contributed by atoms with van der Waals surface area (Å²) in [5, 5.41) is 7.77. The molecule has 0 fully saturated rings. The predicted molar refractivity (Wildman–Crippen MR) is 127 cm³/mol. The number of nitrogens with zero attached hydrogens (tertiary/aromatic N) is 3. The molecule has 32 heavy (non-hydrogen) atoms. The minimum Gasteiger partial charge on any atom is -0.496 e. The van der Waals surface area contributed by atoms with Gasteiger partial charge < -0.3 is 4.74 Å². The highest BCUT2D eigenvalue weighted by Gasteiger charge is 2.26. The predicted octanol–water partition coefficient (Wildman–Crippen LogP) is 5.04. The summed E-state index contributed by atoms with van der Waals surface area (Å²) < 4.78 is 5.41. The van der Waals surface area contributed by atoms with Crippen LogP contribution in [-0.2, 0) is 17.6 Å². The van der Waals surface area contributed by atoms with Crippen LogP contribution in [0.5, 0.6) is 5.75 Å². The average Bonchev–Trinajstić information content (AvgIpc) is 3.25. The van der Waals surface area contributed by atoms with E-state index < -0.39 is 0 Å². The number of methoxy groups -OCH3 is 1. The zero-order valence-corrected chi connectivity index (χ0v) is 18.4. The number of ether oxygens (including phenoxy) is 1. The number of anilines is 2. The second-order valence-electron chi connectivity index (χ2n) is 7.44. The zero-order chi connectivity index (χ0) is 21.9. The minimum absolute atomic E-state index is 0.000409. The van der Waals surface area contributed by atoms with Crippen molar-refractivity contribution < 1.29 is 9.53 Å². The number of aromatic nitrogens is 3. The van der Waals surface area contributed by atoms with Crippen molar-refractivity contribution in [1.29, 1.82) is 0 Å². The van der Waals surface area contributed by atoms with E-state index in [1.807, 2.05) is 65.6 Å². The maximum atomic E-state index is 13.4. The lowest BCUT2D eigenvalue weighted by molar-refractivity contribution is -0.115. The number of carbonyl (C=O) groups excluding carboxylic acids is 1. The highest BCUT2D eigenvalue weighted by atomic mass is 32.2. The van der Waals surface area contributed by atoms with Crippen LogP contribution < -0.4 is 9.64 Å². The van der Waals surface area contributed by atoms with Gasteiger partial charge in [-0.3, -0.25) is 14.8 Å². The number of thioether (sulfide) groups is 1. The van der Waals surface area contributed by atoms with Gasteiger partial charge in [0.25, 0.3) is 0 Å². The Bertz CT molecular complexity index is 1220. The van der Waals surface area contributed by atoms with Crippen LogP contribution in [0.2, 0.25) is 0 Å². The van der Waals surface area contributed by atoms with Gasteiger partial charge in [0.1, 0.15) is 5.75 Å². The van der Waals surface area contributed by atoms with Gasteiger partial charge in [-0.15, -0.1) is 5.10 Å². The number of para-hydroxylation sites is 3. The summed E-state index contributed by atoms with van der Waals surface area (Å²) in [5.41, 5.74) is 5.09. The van der Waals surface area contributed by atoms with Crippen molar-refractivity contribution in [2.75, 3.05) is 17.8 Å². The average molecular weight is 443 g/mol. The molecule has 7 heteroatoms. The molecule has 0 radical (unpaired) electrons. The molecule has 1 N–H and O–H groups in total. The van der Waals surface area contributed by atoms with Gasteiger partial charge in [0.15, 0.2) is 5.82 Å². The van der Waals surface area contributed by atoms with Gasteiger partial charge in [-0.2, -0.15) is 0 Å². The minimum atomic E-state index is 0.000409. The maximum absolute atomic E-state index is 13.4. The number of hydrogen-bond donors (Lipinski definition) is 1. The molecule has 1 aliphatic heterocycles. The lowest BCUT2D eigenvalue weighted by atomic mass is 10.0. The van der Waals surface area contributed by atoms with Crippen LogP contribution in [0.1, 0.15) is 11.1 Å². The van der Waals surface area contributed by atoms with E-state index in [9.17, 15) is 4.79 Å². The Morgan fingerprint density at radius 3 is 2.28 bits per heavy atom.